The van der Waals surface area contributed by atoms with E-state index in [4.69, 9.17) is 0 Å². The molecule has 1 unspecified atom stereocenters. The maximum atomic E-state index is 4.42. The molecule has 19 heavy (non-hydrogen) atoms. The van der Waals surface area contributed by atoms with E-state index in [9.17, 15) is 0 Å². The van der Waals surface area contributed by atoms with Crippen LogP contribution in [0.5, 0.6) is 0 Å². The van der Waals surface area contributed by atoms with Gasteiger partial charge < -0.3 is 5.32 Å². The summed E-state index contributed by atoms with van der Waals surface area (Å²) in [6.07, 6.45) is 5.94. The van der Waals surface area contributed by atoms with Crippen LogP contribution in [0.4, 0.5) is 0 Å². The molecule has 1 N–H and O–H groups in total. The summed E-state index contributed by atoms with van der Waals surface area (Å²) >= 11 is 6.97. The van der Waals surface area contributed by atoms with Gasteiger partial charge in [0.05, 0.1) is 5.69 Å². The average Bonchev–Trinajstić information content (AvgIpc) is 2.42. The molecule has 1 aliphatic rings. The lowest BCUT2D eigenvalue weighted by Crippen LogP contribution is -2.43. The molecule has 0 saturated carbocycles. The van der Waals surface area contributed by atoms with E-state index in [0.29, 0.717) is 6.04 Å². The van der Waals surface area contributed by atoms with E-state index >= 15 is 0 Å². The van der Waals surface area contributed by atoms with Crippen LogP contribution in [0, 0.1) is 0 Å². The van der Waals surface area contributed by atoms with Crippen LogP contribution >= 0.6 is 31.9 Å². The second-order valence-corrected chi connectivity index (χ2v) is 6.93. The fourth-order valence-corrected chi connectivity index (χ4v) is 3.59. The molecule has 0 bridgehead atoms. The van der Waals surface area contributed by atoms with Crippen LogP contribution in [0.2, 0.25) is 0 Å². The molecule has 5 heteroatoms. The number of nitrogens with one attached hydrogen (secondary N) is 1. The molecule has 1 fully saturated rings. The third kappa shape index (κ3) is 4.81. The van der Waals surface area contributed by atoms with Crippen LogP contribution in [-0.4, -0.2) is 35.6 Å². The van der Waals surface area contributed by atoms with E-state index in [1.807, 2.05) is 12.3 Å². The number of aromatic nitrogens is 1. The Morgan fingerprint density at radius 3 is 2.74 bits per heavy atom. The lowest BCUT2D eigenvalue weighted by molar-refractivity contribution is 0.170. The Morgan fingerprint density at radius 2 is 2.05 bits per heavy atom. The van der Waals surface area contributed by atoms with Crippen LogP contribution in [0.25, 0.3) is 0 Å². The summed E-state index contributed by atoms with van der Waals surface area (Å²) in [5.41, 5.74) is 1.06. The van der Waals surface area contributed by atoms with Gasteiger partial charge in [-0.25, -0.2) is 0 Å². The lowest BCUT2D eigenvalue weighted by atomic mass is 10.1. The minimum atomic E-state index is 0.606. The van der Waals surface area contributed by atoms with E-state index < -0.39 is 0 Å². The molecule has 1 aromatic rings. The Morgan fingerprint density at radius 1 is 1.32 bits per heavy atom. The molecule has 0 radical (unpaired) electrons. The Balaban J connectivity index is 1.76. The zero-order valence-electron chi connectivity index (χ0n) is 11.3. The predicted molar refractivity (Wildman–Crippen MR) is 86.2 cm³/mol. The van der Waals surface area contributed by atoms with Crippen molar-refractivity contribution in [2.75, 3.05) is 19.6 Å². The van der Waals surface area contributed by atoms with Gasteiger partial charge in [0, 0.05) is 34.3 Å². The van der Waals surface area contributed by atoms with Gasteiger partial charge in [-0.15, -0.1) is 0 Å². The Hall–Kier alpha value is 0.0300. The number of hydrogen-bond donors (Lipinski definition) is 1. The third-order valence-corrected chi connectivity index (χ3v) is 4.75. The van der Waals surface area contributed by atoms with Gasteiger partial charge in [-0.05, 0) is 70.8 Å². The van der Waals surface area contributed by atoms with Gasteiger partial charge in [-0.2, -0.15) is 0 Å². The third-order valence-electron chi connectivity index (χ3n) is 3.63. The summed E-state index contributed by atoms with van der Waals surface area (Å²) in [6.45, 7) is 6.64. The summed E-state index contributed by atoms with van der Waals surface area (Å²) in [5.74, 6) is 0. The molecule has 0 spiro atoms. The van der Waals surface area contributed by atoms with E-state index in [1.165, 1.54) is 32.4 Å². The van der Waals surface area contributed by atoms with Gasteiger partial charge in [0.15, 0.2) is 0 Å². The van der Waals surface area contributed by atoms with Gasteiger partial charge in [0.25, 0.3) is 0 Å². The van der Waals surface area contributed by atoms with Gasteiger partial charge in [-0.1, -0.05) is 6.42 Å². The van der Waals surface area contributed by atoms with Crippen molar-refractivity contribution in [1.82, 2.24) is 15.2 Å². The second kappa shape index (κ2) is 7.72. The molecule has 2 rings (SSSR count). The van der Waals surface area contributed by atoms with E-state index in [0.717, 1.165) is 27.7 Å². The van der Waals surface area contributed by atoms with Crippen molar-refractivity contribution in [3.05, 3.63) is 26.9 Å². The van der Waals surface area contributed by atoms with Crippen molar-refractivity contribution < 1.29 is 0 Å². The Kier molecular flexibility index (Phi) is 6.26. The molecule has 3 nitrogen and oxygen atoms in total. The number of pyridine rings is 1. The second-order valence-electron chi connectivity index (χ2n) is 5.16. The highest BCUT2D eigenvalue weighted by atomic mass is 79.9. The molecule has 0 amide bonds. The minimum Gasteiger partial charge on any atom is -0.310 e. The summed E-state index contributed by atoms with van der Waals surface area (Å²) < 4.78 is 2.06. The first-order chi connectivity index (χ1) is 9.16. The highest BCUT2D eigenvalue weighted by Gasteiger charge is 2.16. The standard InChI is InChI=1S/C14H21Br2N3/c1-11(19-5-3-2-4-6-19)8-17-10-14-13(16)7-12(15)9-18-14/h7,9,11,17H,2-6,8,10H2,1H3. The number of halogens is 2. The van der Waals surface area contributed by atoms with Crippen LogP contribution in [0.3, 0.4) is 0 Å². The summed E-state index contributed by atoms with van der Waals surface area (Å²) in [7, 11) is 0. The number of nitrogens with zero attached hydrogens (tertiary/aromatic N) is 2. The number of rotatable bonds is 5. The van der Waals surface area contributed by atoms with Crippen molar-refractivity contribution >= 4 is 31.9 Å². The van der Waals surface area contributed by atoms with Gasteiger partial charge in [-0.3, -0.25) is 9.88 Å². The summed E-state index contributed by atoms with van der Waals surface area (Å²) in [4.78, 5) is 7.00. The maximum absolute atomic E-state index is 4.42. The van der Waals surface area contributed by atoms with Gasteiger partial charge >= 0.3 is 0 Å². The van der Waals surface area contributed by atoms with Crippen molar-refractivity contribution in [3.8, 4) is 0 Å². The highest BCUT2D eigenvalue weighted by Crippen LogP contribution is 2.19. The quantitative estimate of drug-likeness (QED) is 0.832. The molecule has 2 heterocycles. The molecule has 1 aliphatic heterocycles. The Bertz CT molecular complexity index is 406. The van der Waals surface area contributed by atoms with E-state index in [2.05, 4.69) is 54.0 Å². The average molecular weight is 391 g/mol. The van der Waals surface area contributed by atoms with E-state index in [1.54, 1.807) is 0 Å². The van der Waals surface area contributed by atoms with Crippen LogP contribution in [0.1, 0.15) is 31.9 Å². The molecule has 1 atom stereocenters. The predicted octanol–water partition coefficient (Wildman–Crippen LogP) is 3.57. The summed E-state index contributed by atoms with van der Waals surface area (Å²) in [6, 6.07) is 2.65. The molecule has 0 aliphatic carbocycles. The molecular formula is C14H21Br2N3. The van der Waals surface area contributed by atoms with Crippen molar-refractivity contribution in [2.24, 2.45) is 0 Å². The smallest absolute Gasteiger partial charge is 0.0684 e. The van der Waals surface area contributed by atoms with Gasteiger partial charge in [0.1, 0.15) is 0 Å². The zero-order valence-corrected chi connectivity index (χ0v) is 14.5. The first kappa shape index (κ1) is 15.4. The monoisotopic (exact) mass is 389 g/mol. The zero-order chi connectivity index (χ0) is 13.7. The molecular weight excluding hydrogens is 370 g/mol. The number of hydrogen-bond acceptors (Lipinski definition) is 3. The molecule has 1 aromatic heterocycles. The molecule has 106 valence electrons. The number of piperidine rings is 1. The number of likely N-dealkylation sites (tertiary alicyclic amines) is 1. The van der Waals surface area contributed by atoms with Crippen molar-refractivity contribution in [3.63, 3.8) is 0 Å². The first-order valence-corrected chi connectivity index (χ1v) is 8.50. The normalized spacial score (nSPS) is 18.5. The summed E-state index contributed by atoms with van der Waals surface area (Å²) in [5, 5.41) is 3.51. The van der Waals surface area contributed by atoms with Crippen LogP contribution in [0.15, 0.2) is 21.2 Å². The van der Waals surface area contributed by atoms with Gasteiger partial charge in [0.2, 0.25) is 0 Å². The van der Waals surface area contributed by atoms with Crippen LogP contribution < -0.4 is 5.32 Å². The largest absolute Gasteiger partial charge is 0.310 e. The fraction of sp³-hybridized carbons (Fsp3) is 0.643. The maximum Gasteiger partial charge on any atom is 0.0684 e. The highest BCUT2D eigenvalue weighted by molar-refractivity contribution is 9.11. The fourth-order valence-electron chi connectivity index (χ4n) is 2.46. The minimum absolute atomic E-state index is 0.606. The molecule has 0 aromatic carbocycles. The SMILES string of the molecule is CC(CNCc1ncc(Br)cc1Br)N1CCCCC1. The van der Waals surface area contributed by atoms with Crippen LogP contribution in [-0.2, 0) is 6.54 Å². The topological polar surface area (TPSA) is 28.2 Å². The van der Waals surface area contributed by atoms with E-state index in [-0.39, 0.29) is 0 Å². The first-order valence-electron chi connectivity index (χ1n) is 6.91. The van der Waals surface area contributed by atoms with Crippen molar-refractivity contribution in [2.45, 2.75) is 38.8 Å². The lowest BCUT2D eigenvalue weighted by Gasteiger charge is -2.32. The Labute approximate surface area is 132 Å². The molecule has 1 saturated heterocycles. The van der Waals surface area contributed by atoms with Crippen molar-refractivity contribution in [1.29, 1.82) is 0 Å².